The standard InChI is InChI=1S/C20H16Cl2N4O/c1-20(25-27,19-10-23-11-26(19)2)17-6-13-5-14(21)4-3-12(13)7-18-16(17)8-15(22)9-24-18/h3-6,8-11H,7H2,1-2H3. The molecule has 2 aromatic heterocycles. The Labute approximate surface area is 166 Å². The molecule has 0 N–H and O–H groups in total. The number of imidazole rings is 1. The highest BCUT2D eigenvalue weighted by molar-refractivity contribution is 6.31. The topological polar surface area (TPSA) is 60.1 Å². The van der Waals surface area contributed by atoms with Crippen LogP contribution >= 0.6 is 23.2 Å². The van der Waals surface area contributed by atoms with Crippen LogP contribution in [0.2, 0.25) is 10.0 Å². The van der Waals surface area contributed by atoms with Crippen LogP contribution in [0.4, 0.5) is 0 Å². The number of aromatic nitrogens is 3. The number of hydrogen-bond acceptors (Lipinski definition) is 4. The van der Waals surface area contributed by atoms with Crippen molar-refractivity contribution in [1.29, 1.82) is 0 Å². The van der Waals surface area contributed by atoms with Crippen molar-refractivity contribution in [3.63, 3.8) is 0 Å². The van der Waals surface area contributed by atoms with Gasteiger partial charge in [-0.1, -0.05) is 34.4 Å². The Morgan fingerprint density at radius 3 is 2.70 bits per heavy atom. The average molecular weight is 399 g/mol. The van der Waals surface area contributed by atoms with Crippen LogP contribution in [-0.2, 0) is 19.0 Å². The first-order chi connectivity index (χ1) is 12.9. The van der Waals surface area contributed by atoms with Gasteiger partial charge in [-0.25, -0.2) is 4.98 Å². The summed E-state index contributed by atoms with van der Waals surface area (Å²) in [5.74, 6) is 0. The molecule has 0 radical (unpaired) electrons. The van der Waals surface area contributed by atoms with Gasteiger partial charge in [-0.2, -0.15) is 0 Å². The van der Waals surface area contributed by atoms with Gasteiger partial charge < -0.3 is 4.57 Å². The molecule has 1 aliphatic rings. The van der Waals surface area contributed by atoms with Gasteiger partial charge in [-0.05, 0) is 47.9 Å². The molecule has 0 bridgehead atoms. The Hall–Kier alpha value is -2.50. The summed E-state index contributed by atoms with van der Waals surface area (Å²) in [5.41, 5.74) is 3.87. The number of pyridine rings is 1. The molecule has 0 aliphatic heterocycles. The van der Waals surface area contributed by atoms with Crippen molar-refractivity contribution in [3.8, 4) is 0 Å². The molecule has 0 saturated carbocycles. The van der Waals surface area contributed by atoms with Crippen molar-refractivity contribution in [2.24, 2.45) is 12.2 Å². The predicted octanol–water partition coefficient (Wildman–Crippen LogP) is 5.25. The first-order valence-electron chi connectivity index (χ1n) is 8.39. The van der Waals surface area contributed by atoms with Crippen LogP contribution in [0.15, 0.2) is 48.2 Å². The predicted molar refractivity (Wildman–Crippen MR) is 108 cm³/mol. The van der Waals surface area contributed by atoms with Gasteiger partial charge in [-0.15, -0.1) is 4.91 Å². The molecule has 0 saturated heterocycles. The van der Waals surface area contributed by atoms with E-state index in [1.54, 1.807) is 30.2 Å². The zero-order chi connectivity index (χ0) is 19.2. The molecule has 4 rings (SSSR count). The van der Waals surface area contributed by atoms with Gasteiger partial charge in [0.2, 0.25) is 0 Å². The molecular formula is C20H16Cl2N4O. The summed E-state index contributed by atoms with van der Waals surface area (Å²) in [6.07, 6.45) is 7.50. The normalized spacial score (nSPS) is 15.2. The third kappa shape index (κ3) is 2.97. The Kier molecular flexibility index (Phi) is 4.36. The fourth-order valence-corrected chi connectivity index (χ4v) is 3.92. The molecule has 5 nitrogen and oxygen atoms in total. The third-order valence-corrected chi connectivity index (χ3v) is 5.46. The Morgan fingerprint density at radius 1 is 1.19 bits per heavy atom. The maximum atomic E-state index is 12.2. The SMILES string of the molecule is Cn1cncc1C(C)(N=O)C1=Cc2cc(Cl)ccc2Cc2ncc(Cl)cc21. The van der Waals surface area contributed by atoms with E-state index < -0.39 is 5.54 Å². The minimum absolute atomic E-state index is 0.502. The van der Waals surface area contributed by atoms with Crippen LogP contribution in [0.25, 0.3) is 11.6 Å². The minimum Gasteiger partial charge on any atom is -0.335 e. The lowest BCUT2D eigenvalue weighted by Gasteiger charge is -2.26. The largest absolute Gasteiger partial charge is 0.335 e. The van der Waals surface area contributed by atoms with Crippen molar-refractivity contribution in [1.82, 2.24) is 14.5 Å². The lowest BCUT2D eigenvalue weighted by Crippen LogP contribution is -2.24. The zero-order valence-electron chi connectivity index (χ0n) is 14.8. The Morgan fingerprint density at radius 2 is 2.00 bits per heavy atom. The van der Waals surface area contributed by atoms with E-state index in [9.17, 15) is 4.91 Å². The highest BCUT2D eigenvalue weighted by Crippen LogP contribution is 2.44. The van der Waals surface area contributed by atoms with E-state index in [0.717, 1.165) is 22.4 Å². The van der Waals surface area contributed by atoms with Gasteiger partial charge in [0.15, 0.2) is 5.54 Å². The number of halogens is 2. The summed E-state index contributed by atoms with van der Waals surface area (Å²) in [6.45, 7) is 1.78. The van der Waals surface area contributed by atoms with Gasteiger partial charge >= 0.3 is 0 Å². The molecule has 1 aliphatic carbocycles. The van der Waals surface area contributed by atoms with Crippen LogP contribution in [0.1, 0.15) is 35.0 Å². The molecule has 27 heavy (non-hydrogen) atoms. The fraction of sp³-hybridized carbons (Fsp3) is 0.200. The highest BCUT2D eigenvalue weighted by atomic mass is 35.5. The quantitative estimate of drug-likeness (QED) is 0.566. The van der Waals surface area contributed by atoms with E-state index in [4.69, 9.17) is 23.2 Å². The summed E-state index contributed by atoms with van der Waals surface area (Å²) in [7, 11) is 1.84. The summed E-state index contributed by atoms with van der Waals surface area (Å²) in [4.78, 5) is 20.8. The summed E-state index contributed by atoms with van der Waals surface area (Å²) < 4.78 is 1.80. The second-order valence-electron chi connectivity index (χ2n) is 6.78. The van der Waals surface area contributed by atoms with Crippen molar-refractivity contribution in [3.05, 3.63) is 86.0 Å². The lowest BCUT2D eigenvalue weighted by atomic mass is 9.83. The fourth-order valence-electron chi connectivity index (χ4n) is 3.58. The second kappa shape index (κ2) is 6.59. The number of nitroso groups, excluding NO2 is 1. The number of rotatable bonds is 3. The van der Waals surface area contributed by atoms with E-state index in [1.807, 2.05) is 37.4 Å². The van der Waals surface area contributed by atoms with Gasteiger partial charge in [0, 0.05) is 30.3 Å². The lowest BCUT2D eigenvalue weighted by molar-refractivity contribution is 0.593. The zero-order valence-corrected chi connectivity index (χ0v) is 16.3. The average Bonchev–Trinajstić information content (AvgIpc) is 3.02. The molecule has 2 heterocycles. The molecule has 0 spiro atoms. The van der Waals surface area contributed by atoms with Crippen LogP contribution in [0, 0.1) is 4.91 Å². The van der Waals surface area contributed by atoms with E-state index in [-0.39, 0.29) is 0 Å². The molecule has 0 fully saturated rings. The summed E-state index contributed by atoms with van der Waals surface area (Å²) in [5, 5.41) is 4.66. The number of fused-ring (bicyclic) bond motifs is 2. The van der Waals surface area contributed by atoms with Gasteiger partial charge in [0.05, 0.1) is 28.9 Å². The Balaban J connectivity index is 2.05. The molecule has 1 aromatic carbocycles. The van der Waals surface area contributed by atoms with Crippen LogP contribution < -0.4 is 0 Å². The van der Waals surface area contributed by atoms with E-state index in [2.05, 4.69) is 15.1 Å². The van der Waals surface area contributed by atoms with E-state index >= 15 is 0 Å². The third-order valence-electron chi connectivity index (χ3n) is 5.02. The van der Waals surface area contributed by atoms with Crippen LogP contribution in [0.5, 0.6) is 0 Å². The molecular weight excluding hydrogens is 383 g/mol. The number of aryl methyl sites for hydroxylation is 1. The molecule has 136 valence electrons. The van der Waals surface area contributed by atoms with Gasteiger partial charge in [0.25, 0.3) is 0 Å². The molecule has 3 aromatic rings. The number of nitrogens with zero attached hydrogens (tertiary/aromatic N) is 4. The first-order valence-corrected chi connectivity index (χ1v) is 9.14. The maximum absolute atomic E-state index is 12.2. The van der Waals surface area contributed by atoms with Crippen LogP contribution in [0.3, 0.4) is 0 Å². The molecule has 0 amide bonds. The maximum Gasteiger partial charge on any atom is 0.167 e. The summed E-state index contributed by atoms with van der Waals surface area (Å²) >= 11 is 12.5. The van der Waals surface area contributed by atoms with Crippen molar-refractivity contribution in [2.75, 3.05) is 0 Å². The van der Waals surface area contributed by atoms with Crippen molar-refractivity contribution in [2.45, 2.75) is 18.9 Å². The molecule has 7 heteroatoms. The first kappa shape index (κ1) is 17.9. The smallest absolute Gasteiger partial charge is 0.167 e. The van der Waals surface area contributed by atoms with Gasteiger partial charge in [-0.3, -0.25) is 4.98 Å². The van der Waals surface area contributed by atoms with Gasteiger partial charge in [0.1, 0.15) is 0 Å². The highest BCUT2D eigenvalue weighted by Gasteiger charge is 2.38. The minimum atomic E-state index is -1.17. The second-order valence-corrected chi connectivity index (χ2v) is 7.65. The Bertz CT molecular complexity index is 1090. The van der Waals surface area contributed by atoms with E-state index in [0.29, 0.717) is 27.7 Å². The molecule has 1 atom stereocenters. The summed E-state index contributed by atoms with van der Waals surface area (Å²) in [6, 6.07) is 7.56. The van der Waals surface area contributed by atoms with Crippen LogP contribution in [-0.4, -0.2) is 14.5 Å². The number of hydrogen-bond donors (Lipinski definition) is 0. The monoisotopic (exact) mass is 398 g/mol. The molecule has 1 unspecified atom stereocenters. The van der Waals surface area contributed by atoms with Crippen molar-refractivity contribution >= 4 is 34.9 Å². The van der Waals surface area contributed by atoms with E-state index in [1.165, 1.54) is 0 Å². The van der Waals surface area contributed by atoms with Crippen molar-refractivity contribution < 1.29 is 0 Å². The number of benzene rings is 1.